The van der Waals surface area contributed by atoms with Crippen LogP contribution in [0.5, 0.6) is 0 Å². The normalized spacial score (nSPS) is 21.2. The zero-order valence-electron chi connectivity index (χ0n) is 19.5. The van der Waals surface area contributed by atoms with Crippen LogP contribution in [-0.4, -0.2) is 62.5 Å². The Kier molecular flexibility index (Phi) is 7.15. The number of aromatic nitrogens is 1. The summed E-state index contributed by atoms with van der Waals surface area (Å²) in [6, 6.07) is 11.9. The molecule has 2 aliphatic rings. The van der Waals surface area contributed by atoms with Crippen LogP contribution in [0.15, 0.2) is 58.9 Å². The molecule has 36 heavy (non-hydrogen) atoms. The van der Waals surface area contributed by atoms with E-state index in [-0.39, 0.29) is 25.7 Å². The number of anilines is 3. The second-order valence-corrected chi connectivity index (χ2v) is 12.3. The third kappa shape index (κ3) is 5.19. The number of thiazole rings is 1. The summed E-state index contributed by atoms with van der Waals surface area (Å²) >= 11 is 13.6. The standard InChI is InChI=1S/C24H25Cl2N5O3S2.2H2/c1-16-15-29(9-10-30(16)20-13-17(25)12-18(26)14-20)22-6-8-31(23(22)32)19-2-4-21(5-3-19)36(33,34)28-24-27-7-11-35-24;;/h2-5,7,11-14,16,22H,6,8-10,15H2,1H3,(H,27,28);2*1H/t16-,22+;;/m0../s1. The molecule has 2 aromatic carbocycles. The topological polar surface area (TPSA) is 85.9 Å². The number of piperazine rings is 1. The van der Waals surface area contributed by atoms with Crippen molar-refractivity contribution >= 4 is 67.0 Å². The smallest absolute Gasteiger partial charge is 0.263 e. The molecule has 0 radical (unpaired) electrons. The Hall–Kier alpha value is -2.37. The SMILES string of the molecule is C[C@H]1CN([C@@H]2CCN(c3ccc(S(=O)(=O)Nc4nccs4)cc3)C2=O)CCN1c1cc(Cl)cc(Cl)c1.[HH].[HH]. The molecule has 0 saturated carbocycles. The molecular weight excluding hydrogens is 541 g/mol. The van der Waals surface area contributed by atoms with Crippen molar-refractivity contribution in [1.29, 1.82) is 0 Å². The fraction of sp³-hybridized carbons (Fsp3) is 0.333. The summed E-state index contributed by atoms with van der Waals surface area (Å²) in [5.41, 5.74) is 1.68. The fourth-order valence-electron chi connectivity index (χ4n) is 4.87. The van der Waals surface area contributed by atoms with Gasteiger partial charge in [-0.3, -0.25) is 14.4 Å². The van der Waals surface area contributed by atoms with Crippen LogP contribution >= 0.6 is 34.5 Å². The van der Waals surface area contributed by atoms with Gasteiger partial charge in [0.05, 0.1) is 10.9 Å². The van der Waals surface area contributed by atoms with Crippen molar-refractivity contribution in [2.75, 3.05) is 40.7 Å². The molecule has 1 aromatic heterocycles. The van der Waals surface area contributed by atoms with E-state index in [2.05, 4.69) is 26.4 Å². The van der Waals surface area contributed by atoms with E-state index in [9.17, 15) is 13.2 Å². The molecule has 0 unspecified atom stereocenters. The lowest BCUT2D eigenvalue weighted by Gasteiger charge is -2.43. The lowest BCUT2D eigenvalue weighted by molar-refractivity contribution is -0.121. The summed E-state index contributed by atoms with van der Waals surface area (Å²) in [5.74, 6) is 0.0398. The molecule has 1 N–H and O–H groups in total. The highest BCUT2D eigenvalue weighted by Crippen LogP contribution is 2.31. The summed E-state index contributed by atoms with van der Waals surface area (Å²) in [5, 5.41) is 3.21. The van der Waals surface area contributed by atoms with Crippen molar-refractivity contribution in [1.82, 2.24) is 9.88 Å². The highest BCUT2D eigenvalue weighted by molar-refractivity contribution is 7.93. The van der Waals surface area contributed by atoms with Gasteiger partial charge in [-0.15, -0.1) is 11.3 Å². The Morgan fingerprint density at radius 3 is 2.42 bits per heavy atom. The largest absolute Gasteiger partial charge is 0.366 e. The molecule has 0 aliphatic carbocycles. The van der Waals surface area contributed by atoms with Crippen molar-refractivity contribution in [3.05, 3.63) is 64.1 Å². The van der Waals surface area contributed by atoms with Crippen LogP contribution in [0.1, 0.15) is 16.2 Å². The second-order valence-electron chi connectivity index (χ2n) is 8.90. The monoisotopic (exact) mass is 569 g/mol. The molecule has 1 amide bonds. The maximum absolute atomic E-state index is 13.3. The Morgan fingerprint density at radius 1 is 1.06 bits per heavy atom. The molecule has 2 fully saturated rings. The summed E-state index contributed by atoms with van der Waals surface area (Å²) in [4.78, 5) is 23.7. The lowest BCUT2D eigenvalue weighted by Crippen LogP contribution is -2.56. The summed E-state index contributed by atoms with van der Waals surface area (Å²) in [7, 11) is -3.74. The first-order chi connectivity index (χ1) is 17.2. The molecular formula is C24H29Cl2N5O3S2. The third-order valence-corrected chi connectivity index (χ3v) is 9.18. The van der Waals surface area contributed by atoms with Gasteiger partial charge in [0.15, 0.2) is 5.13 Å². The fourth-order valence-corrected chi connectivity index (χ4v) is 7.17. The molecule has 2 saturated heterocycles. The number of carbonyl (C=O) groups is 1. The van der Waals surface area contributed by atoms with E-state index in [1.807, 2.05) is 12.1 Å². The number of benzene rings is 2. The van der Waals surface area contributed by atoms with Crippen molar-refractivity contribution in [3.63, 3.8) is 0 Å². The van der Waals surface area contributed by atoms with Crippen LogP contribution in [0, 0.1) is 0 Å². The first-order valence-electron chi connectivity index (χ1n) is 11.5. The van der Waals surface area contributed by atoms with Crippen LogP contribution in [0.25, 0.3) is 0 Å². The Bertz CT molecular complexity index is 1340. The van der Waals surface area contributed by atoms with Gasteiger partial charge < -0.3 is 9.80 Å². The predicted octanol–water partition coefficient (Wildman–Crippen LogP) is 5.06. The average Bonchev–Trinajstić information content (AvgIpc) is 3.47. The first kappa shape index (κ1) is 25.3. The van der Waals surface area contributed by atoms with Gasteiger partial charge in [-0.2, -0.15) is 0 Å². The third-order valence-electron chi connectivity index (χ3n) is 6.57. The average molecular weight is 571 g/mol. The minimum Gasteiger partial charge on any atom is -0.366 e. The minimum absolute atomic E-state index is 0. The highest BCUT2D eigenvalue weighted by atomic mass is 35.5. The van der Waals surface area contributed by atoms with Gasteiger partial charge in [0.1, 0.15) is 0 Å². The molecule has 2 atom stereocenters. The molecule has 2 aliphatic heterocycles. The Labute approximate surface area is 227 Å². The summed E-state index contributed by atoms with van der Waals surface area (Å²) in [6.45, 7) is 4.98. The summed E-state index contributed by atoms with van der Waals surface area (Å²) < 4.78 is 27.7. The molecule has 3 heterocycles. The zero-order chi connectivity index (χ0) is 25.4. The van der Waals surface area contributed by atoms with Crippen LogP contribution in [0.4, 0.5) is 16.5 Å². The number of hydrogen-bond donors (Lipinski definition) is 1. The Balaban J connectivity index is 0.00000200. The maximum atomic E-state index is 13.3. The van der Waals surface area contributed by atoms with Crippen molar-refractivity contribution < 1.29 is 16.1 Å². The number of amides is 1. The van der Waals surface area contributed by atoms with Crippen LogP contribution in [0.2, 0.25) is 10.0 Å². The second kappa shape index (κ2) is 10.2. The van der Waals surface area contributed by atoms with E-state index in [0.29, 0.717) is 27.4 Å². The molecule has 3 aromatic rings. The van der Waals surface area contributed by atoms with E-state index in [0.717, 1.165) is 31.7 Å². The number of sulfonamides is 1. The molecule has 8 nitrogen and oxygen atoms in total. The van der Waals surface area contributed by atoms with E-state index < -0.39 is 10.0 Å². The van der Waals surface area contributed by atoms with Crippen LogP contribution in [-0.2, 0) is 14.8 Å². The van der Waals surface area contributed by atoms with Gasteiger partial charge in [0, 0.05) is 68.1 Å². The number of rotatable bonds is 6. The Morgan fingerprint density at radius 2 is 1.78 bits per heavy atom. The number of nitrogens with zero attached hydrogens (tertiary/aromatic N) is 4. The lowest BCUT2D eigenvalue weighted by atomic mass is 10.1. The van der Waals surface area contributed by atoms with Crippen molar-refractivity contribution in [2.24, 2.45) is 0 Å². The predicted molar refractivity (Wildman–Crippen MR) is 149 cm³/mol. The molecule has 194 valence electrons. The van der Waals surface area contributed by atoms with Gasteiger partial charge in [-0.05, 0) is 55.8 Å². The quantitative estimate of drug-likeness (QED) is 0.446. The van der Waals surface area contributed by atoms with Crippen LogP contribution in [0.3, 0.4) is 0 Å². The van der Waals surface area contributed by atoms with E-state index in [4.69, 9.17) is 23.2 Å². The van der Waals surface area contributed by atoms with Gasteiger partial charge in [-0.25, -0.2) is 13.4 Å². The van der Waals surface area contributed by atoms with E-state index >= 15 is 0 Å². The number of hydrogen-bond acceptors (Lipinski definition) is 7. The van der Waals surface area contributed by atoms with Gasteiger partial charge >= 0.3 is 0 Å². The molecule has 0 bridgehead atoms. The molecule has 12 heteroatoms. The summed E-state index contributed by atoms with van der Waals surface area (Å²) in [6.07, 6.45) is 2.26. The number of nitrogens with one attached hydrogen (secondary N) is 1. The van der Waals surface area contributed by atoms with E-state index in [1.165, 1.54) is 29.7 Å². The highest BCUT2D eigenvalue weighted by Gasteiger charge is 2.39. The first-order valence-corrected chi connectivity index (χ1v) is 14.6. The van der Waals surface area contributed by atoms with E-state index in [1.54, 1.807) is 28.5 Å². The zero-order valence-corrected chi connectivity index (χ0v) is 22.6. The van der Waals surface area contributed by atoms with Crippen molar-refractivity contribution in [3.8, 4) is 0 Å². The molecule has 5 rings (SSSR count). The number of carbonyl (C=O) groups excluding carboxylic acids is 1. The molecule has 0 spiro atoms. The van der Waals surface area contributed by atoms with Crippen LogP contribution < -0.4 is 14.5 Å². The van der Waals surface area contributed by atoms with Gasteiger partial charge in [0.2, 0.25) is 5.91 Å². The minimum atomic E-state index is -3.74. The van der Waals surface area contributed by atoms with Gasteiger partial charge in [0.25, 0.3) is 10.0 Å². The maximum Gasteiger partial charge on any atom is 0.263 e. The van der Waals surface area contributed by atoms with Crippen molar-refractivity contribution in [2.45, 2.75) is 30.3 Å². The van der Waals surface area contributed by atoms with Gasteiger partial charge in [-0.1, -0.05) is 23.2 Å². The number of halogens is 2.